The maximum atomic E-state index is 12.0. The van der Waals surface area contributed by atoms with Crippen molar-refractivity contribution in [1.82, 2.24) is 5.32 Å². The highest BCUT2D eigenvalue weighted by atomic mass is 16.5. The lowest BCUT2D eigenvalue weighted by Gasteiger charge is -2.11. The predicted octanol–water partition coefficient (Wildman–Crippen LogP) is 2.98. The van der Waals surface area contributed by atoms with Crippen molar-refractivity contribution in [2.45, 2.75) is 19.4 Å². The van der Waals surface area contributed by atoms with Gasteiger partial charge < -0.3 is 14.8 Å². The van der Waals surface area contributed by atoms with Crippen molar-refractivity contribution in [1.29, 1.82) is 0 Å². The Morgan fingerprint density at radius 3 is 2.38 bits per heavy atom. The van der Waals surface area contributed by atoms with Gasteiger partial charge in [0.15, 0.2) is 5.78 Å². The molecular formula is C19H21NO4. The standard InChI is InChI=1S/C19H21NO4/c1-23-16-9-8-15(18(12-16)24-2)13-20-19(22)11-10-17(21)14-6-4-3-5-7-14/h3-9,12H,10-11,13H2,1-2H3,(H,20,22). The Morgan fingerprint density at radius 2 is 1.71 bits per heavy atom. The SMILES string of the molecule is COc1ccc(CNC(=O)CCC(=O)c2ccccc2)c(OC)c1. The van der Waals surface area contributed by atoms with Crippen LogP contribution in [-0.4, -0.2) is 25.9 Å². The van der Waals surface area contributed by atoms with Crippen LogP contribution in [0.15, 0.2) is 48.5 Å². The lowest BCUT2D eigenvalue weighted by molar-refractivity contribution is -0.121. The number of benzene rings is 2. The van der Waals surface area contributed by atoms with Gasteiger partial charge in [-0.05, 0) is 12.1 Å². The number of carbonyl (C=O) groups is 2. The molecule has 0 fully saturated rings. The maximum absolute atomic E-state index is 12.0. The summed E-state index contributed by atoms with van der Waals surface area (Å²) in [5, 5.41) is 2.81. The fourth-order valence-electron chi connectivity index (χ4n) is 2.28. The molecule has 0 aliphatic heterocycles. The van der Waals surface area contributed by atoms with Gasteiger partial charge in [0.2, 0.25) is 5.91 Å². The number of methoxy groups -OCH3 is 2. The smallest absolute Gasteiger partial charge is 0.220 e. The average Bonchev–Trinajstić information content (AvgIpc) is 2.64. The minimum Gasteiger partial charge on any atom is -0.497 e. The van der Waals surface area contributed by atoms with Crippen LogP contribution in [0.25, 0.3) is 0 Å². The molecule has 2 rings (SSSR count). The van der Waals surface area contributed by atoms with Crippen LogP contribution in [0.1, 0.15) is 28.8 Å². The Morgan fingerprint density at radius 1 is 0.958 bits per heavy atom. The number of hydrogen-bond acceptors (Lipinski definition) is 4. The van der Waals surface area contributed by atoms with E-state index in [9.17, 15) is 9.59 Å². The highest BCUT2D eigenvalue weighted by molar-refractivity contribution is 5.97. The number of hydrogen-bond donors (Lipinski definition) is 1. The first-order valence-electron chi connectivity index (χ1n) is 7.70. The number of carbonyl (C=O) groups excluding carboxylic acids is 2. The van der Waals surface area contributed by atoms with Crippen molar-refractivity contribution in [2.24, 2.45) is 0 Å². The van der Waals surface area contributed by atoms with Crippen LogP contribution < -0.4 is 14.8 Å². The van der Waals surface area contributed by atoms with Crippen molar-refractivity contribution >= 4 is 11.7 Å². The van der Waals surface area contributed by atoms with Crippen molar-refractivity contribution in [3.05, 3.63) is 59.7 Å². The number of Topliss-reactive ketones (excluding diaryl/α,β-unsaturated/α-hetero) is 1. The molecule has 5 nitrogen and oxygen atoms in total. The summed E-state index contributed by atoms with van der Waals surface area (Å²) in [6.45, 7) is 0.339. The molecule has 0 bridgehead atoms. The van der Waals surface area contributed by atoms with E-state index in [1.54, 1.807) is 32.4 Å². The minimum absolute atomic E-state index is 0.0345. The quantitative estimate of drug-likeness (QED) is 0.757. The number of nitrogens with one attached hydrogen (secondary N) is 1. The number of ether oxygens (including phenoxy) is 2. The van der Waals surface area contributed by atoms with Crippen molar-refractivity contribution < 1.29 is 19.1 Å². The summed E-state index contributed by atoms with van der Waals surface area (Å²) in [5.74, 6) is 1.13. The van der Waals surface area contributed by atoms with Gasteiger partial charge in [-0.25, -0.2) is 0 Å². The summed E-state index contributed by atoms with van der Waals surface area (Å²) in [4.78, 5) is 23.9. The third kappa shape index (κ3) is 4.84. The van der Waals surface area contributed by atoms with E-state index in [1.165, 1.54) is 0 Å². The second-order valence-electron chi connectivity index (χ2n) is 5.24. The van der Waals surface area contributed by atoms with Gasteiger partial charge in [0.25, 0.3) is 0 Å². The molecule has 0 spiro atoms. The summed E-state index contributed by atoms with van der Waals surface area (Å²) < 4.78 is 10.4. The Kier molecular flexibility index (Phi) is 6.37. The lowest BCUT2D eigenvalue weighted by atomic mass is 10.1. The zero-order valence-corrected chi connectivity index (χ0v) is 13.9. The van der Waals surface area contributed by atoms with E-state index in [4.69, 9.17) is 9.47 Å². The van der Waals surface area contributed by atoms with Crippen molar-refractivity contribution in [2.75, 3.05) is 14.2 Å². The van der Waals surface area contributed by atoms with E-state index >= 15 is 0 Å². The zero-order chi connectivity index (χ0) is 17.4. The Bertz CT molecular complexity index is 698. The second kappa shape index (κ2) is 8.72. The van der Waals surface area contributed by atoms with Gasteiger partial charge >= 0.3 is 0 Å². The molecule has 0 saturated heterocycles. The van der Waals surface area contributed by atoms with Crippen molar-refractivity contribution in [3.63, 3.8) is 0 Å². The van der Waals surface area contributed by atoms with Crippen LogP contribution in [0.5, 0.6) is 11.5 Å². The van der Waals surface area contributed by atoms with E-state index in [0.717, 1.165) is 5.56 Å². The lowest BCUT2D eigenvalue weighted by Crippen LogP contribution is -2.23. The first kappa shape index (κ1) is 17.5. The van der Waals surface area contributed by atoms with E-state index < -0.39 is 0 Å². The van der Waals surface area contributed by atoms with Gasteiger partial charge in [-0.1, -0.05) is 30.3 Å². The molecule has 0 unspecified atom stereocenters. The number of amides is 1. The highest BCUT2D eigenvalue weighted by Crippen LogP contribution is 2.24. The number of rotatable bonds is 8. The van der Waals surface area contributed by atoms with Gasteiger partial charge in [-0.2, -0.15) is 0 Å². The maximum Gasteiger partial charge on any atom is 0.220 e. The molecular weight excluding hydrogens is 306 g/mol. The summed E-state index contributed by atoms with van der Waals surface area (Å²) in [6, 6.07) is 14.4. The van der Waals surface area contributed by atoms with Crippen LogP contribution in [0, 0.1) is 0 Å². The molecule has 0 aromatic heterocycles. The molecule has 1 amide bonds. The Hall–Kier alpha value is -2.82. The summed E-state index contributed by atoms with van der Waals surface area (Å²) in [5.41, 5.74) is 1.48. The third-order valence-corrected chi connectivity index (χ3v) is 3.65. The third-order valence-electron chi connectivity index (χ3n) is 3.65. The first-order valence-corrected chi connectivity index (χ1v) is 7.70. The molecule has 0 atom stereocenters. The van der Waals surface area contributed by atoms with Crippen LogP contribution >= 0.6 is 0 Å². The predicted molar refractivity (Wildman–Crippen MR) is 91.4 cm³/mol. The molecule has 0 radical (unpaired) electrons. The molecule has 0 saturated carbocycles. The van der Waals surface area contributed by atoms with E-state index in [2.05, 4.69) is 5.32 Å². The van der Waals surface area contributed by atoms with Crippen LogP contribution in [0.2, 0.25) is 0 Å². The van der Waals surface area contributed by atoms with Gasteiger partial charge in [0, 0.05) is 36.6 Å². The summed E-state index contributed by atoms with van der Waals surface area (Å²) in [6.07, 6.45) is 0.349. The molecule has 5 heteroatoms. The Balaban J connectivity index is 1.84. The molecule has 24 heavy (non-hydrogen) atoms. The topological polar surface area (TPSA) is 64.6 Å². The second-order valence-corrected chi connectivity index (χ2v) is 5.24. The van der Waals surface area contributed by atoms with E-state index in [1.807, 2.05) is 30.3 Å². The van der Waals surface area contributed by atoms with Crippen LogP contribution in [0.3, 0.4) is 0 Å². The summed E-state index contributed by atoms with van der Waals surface area (Å²) >= 11 is 0. The number of ketones is 1. The Labute approximate surface area is 141 Å². The van der Waals surface area contributed by atoms with Crippen molar-refractivity contribution in [3.8, 4) is 11.5 Å². The van der Waals surface area contributed by atoms with Gasteiger partial charge in [0.1, 0.15) is 11.5 Å². The van der Waals surface area contributed by atoms with Gasteiger partial charge in [0.05, 0.1) is 14.2 Å². The minimum atomic E-state index is -0.169. The first-order chi connectivity index (χ1) is 11.6. The summed E-state index contributed by atoms with van der Waals surface area (Å²) in [7, 11) is 3.15. The highest BCUT2D eigenvalue weighted by Gasteiger charge is 2.10. The van der Waals surface area contributed by atoms with Crippen LogP contribution in [-0.2, 0) is 11.3 Å². The molecule has 0 aliphatic carbocycles. The molecule has 2 aromatic rings. The van der Waals surface area contributed by atoms with Crippen LogP contribution in [0.4, 0.5) is 0 Å². The molecule has 0 aliphatic rings. The normalized spacial score (nSPS) is 10.1. The van der Waals surface area contributed by atoms with Gasteiger partial charge in [-0.3, -0.25) is 9.59 Å². The van der Waals surface area contributed by atoms with Gasteiger partial charge in [-0.15, -0.1) is 0 Å². The molecule has 0 heterocycles. The fourth-order valence-corrected chi connectivity index (χ4v) is 2.28. The zero-order valence-electron chi connectivity index (χ0n) is 13.9. The molecule has 1 N–H and O–H groups in total. The molecule has 2 aromatic carbocycles. The fraction of sp³-hybridized carbons (Fsp3) is 0.263. The van der Waals surface area contributed by atoms with E-state index in [-0.39, 0.29) is 24.5 Å². The largest absolute Gasteiger partial charge is 0.497 e. The molecule has 126 valence electrons. The monoisotopic (exact) mass is 327 g/mol. The average molecular weight is 327 g/mol. The van der Waals surface area contributed by atoms with E-state index in [0.29, 0.717) is 23.6 Å².